The molecule has 0 aliphatic carbocycles. The molecule has 1 aliphatic heterocycles. The van der Waals surface area contributed by atoms with Crippen molar-refractivity contribution in [3.05, 3.63) is 65.9 Å². The minimum absolute atomic E-state index is 0.0545. The van der Waals surface area contributed by atoms with Crippen molar-refractivity contribution in [3.63, 3.8) is 0 Å². The molecule has 0 saturated carbocycles. The van der Waals surface area contributed by atoms with Gasteiger partial charge in [0, 0.05) is 50.4 Å². The van der Waals surface area contributed by atoms with Crippen LogP contribution in [0.2, 0.25) is 0 Å². The molecule has 2 heterocycles. The van der Waals surface area contributed by atoms with Gasteiger partial charge in [0.1, 0.15) is 5.58 Å². The SMILES string of the molecule is CN(C)c1ccc(C(=O)NCC2CCN(C(=O)c3cc4ccccc4o3)CC2)cc1. The second-order valence-corrected chi connectivity index (χ2v) is 8.04. The van der Waals surface area contributed by atoms with E-state index in [4.69, 9.17) is 4.42 Å². The molecule has 6 nitrogen and oxygen atoms in total. The Kier molecular flexibility index (Phi) is 5.74. The molecular formula is C24H27N3O3. The molecule has 0 unspecified atom stereocenters. The summed E-state index contributed by atoms with van der Waals surface area (Å²) in [6.45, 7) is 1.98. The quantitative estimate of drug-likeness (QED) is 0.702. The van der Waals surface area contributed by atoms with E-state index in [9.17, 15) is 9.59 Å². The number of furan rings is 1. The summed E-state index contributed by atoms with van der Waals surface area (Å²) in [5.41, 5.74) is 2.46. The Balaban J connectivity index is 1.27. The molecule has 1 saturated heterocycles. The standard InChI is InChI=1S/C24H27N3O3/c1-26(2)20-9-7-18(8-10-20)23(28)25-16-17-11-13-27(14-12-17)24(29)22-15-19-5-3-4-6-21(19)30-22/h3-10,15,17H,11-14,16H2,1-2H3,(H,25,28). The first kappa shape index (κ1) is 20.0. The number of nitrogens with zero attached hydrogens (tertiary/aromatic N) is 2. The monoisotopic (exact) mass is 405 g/mol. The Morgan fingerprint density at radius 1 is 1.07 bits per heavy atom. The van der Waals surface area contributed by atoms with Crippen LogP contribution >= 0.6 is 0 Å². The number of amides is 2. The normalized spacial score (nSPS) is 14.7. The minimum Gasteiger partial charge on any atom is -0.451 e. The van der Waals surface area contributed by atoms with Crippen LogP contribution in [-0.2, 0) is 0 Å². The van der Waals surface area contributed by atoms with Crippen LogP contribution in [0.1, 0.15) is 33.8 Å². The molecule has 30 heavy (non-hydrogen) atoms. The topological polar surface area (TPSA) is 65.8 Å². The van der Waals surface area contributed by atoms with Gasteiger partial charge in [0.25, 0.3) is 11.8 Å². The number of carbonyl (C=O) groups excluding carboxylic acids is 2. The van der Waals surface area contributed by atoms with Crippen LogP contribution in [-0.4, -0.2) is 50.4 Å². The molecule has 2 aromatic carbocycles. The second-order valence-electron chi connectivity index (χ2n) is 8.04. The third kappa shape index (κ3) is 4.32. The number of likely N-dealkylation sites (tertiary alicyclic amines) is 1. The zero-order valence-electron chi connectivity index (χ0n) is 17.4. The van der Waals surface area contributed by atoms with Gasteiger partial charge in [-0.1, -0.05) is 18.2 Å². The number of hydrogen-bond acceptors (Lipinski definition) is 4. The van der Waals surface area contributed by atoms with Crippen LogP contribution in [0.4, 0.5) is 5.69 Å². The fourth-order valence-electron chi connectivity index (χ4n) is 3.83. The van der Waals surface area contributed by atoms with Gasteiger partial charge in [-0.2, -0.15) is 0 Å². The van der Waals surface area contributed by atoms with Crippen LogP contribution in [0.5, 0.6) is 0 Å². The van der Waals surface area contributed by atoms with E-state index in [-0.39, 0.29) is 11.8 Å². The summed E-state index contributed by atoms with van der Waals surface area (Å²) in [7, 11) is 3.95. The van der Waals surface area contributed by atoms with E-state index >= 15 is 0 Å². The fourth-order valence-corrected chi connectivity index (χ4v) is 3.83. The van der Waals surface area contributed by atoms with Crippen LogP contribution < -0.4 is 10.2 Å². The molecule has 0 spiro atoms. The smallest absolute Gasteiger partial charge is 0.289 e. The highest BCUT2D eigenvalue weighted by molar-refractivity contribution is 5.96. The average Bonchev–Trinajstić information content (AvgIpc) is 3.21. The number of rotatable bonds is 5. The number of para-hydroxylation sites is 1. The molecule has 0 radical (unpaired) electrons. The molecule has 4 rings (SSSR count). The van der Waals surface area contributed by atoms with Gasteiger partial charge in [-0.05, 0) is 55.2 Å². The zero-order chi connectivity index (χ0) is 21.1. The van der Waals surface area contributed by atoms with Gasteiger partial charge in [0.15, 0.2) is 5.76 Å². The van der Waals surface area contributed by atoms with Gasteiger partial charge in [-0.25, -0.2) is 0 Å². The van der Waals surface area contributed by atoms with E-state index < -0.39 is 0 Å². The molecule has 1 aromatic heterocycles. The third-order valence-corrected chi connectivity index (χ3v) is 5.74. The van der Waals surface area contributed by atoms with Crippen molar-refractivity contribution >= 4 is 28.5 Å². The molecule has 3 aromatic rings. The highest BCUT2D eigenvalue weighted by Crippen LogP contribution is 2.23. The molecule has 1 N–H and O–H groups in total. The Hall–Kier alpha value is -3.28. The summed E-state index contributed by atoms with van der Waals surface area (Å²) in [5, 5.41) is 3.98. The maximum absolute atomic E-state index is 12.8. The fraction of sp³-hybridized carbons (Fsp3) is 0.333. The van der Waals surface area contributed by atoms with E-state index in [1.165, 1.54) is 0 Å². The van der Waals surface area contributed by atoms with E-state index in [0.29, 0.717) is 36.9 Å². The van der Waals surface area contributed by atoms with Gasteiger partial charge in [0.2, 0.25) is 0 Å². The summed E-state index contributed by atoms with van der Waals surface area (Å²) in [4.78, 5) is 29.0. The lowest BCUT2D eigenvalue weighted by Gasteiger charge is -2.31. The Bertz CT molecular complexity index is 998. The number of fused-ring (bicyclic) bond motifs is 1. The summed E-state index contributed by atoms with van der Waals surface area (Å²) in [6, 6.07) is 17.0. The first-order valence-corrected chi connectivity index (χ1v) is 10.3. The first-order valence-electron chi connectivity index (χ1n) is 10.3. The maximum atomic E-state index is 12.8. The van der Waals surface area contributed by atoms with Crippen molar-refractivity contribution in [2.75, 3.05) is 38.6 Å². The summed E-state index contributed by atoms with van der Waals surface area (Å²) in [5.74, 6) is 0.648. The Morgan fingerprint density at radius 2 is 1.77 bits per heavy atom. The lowest BCUT2D eigenvalue weighted by Crippen LogP contribution is -2.41. The largest absolute Gasteiger partial charge is 0.451 e. The zero-order valence-corrected chi connectivity index (χ0v) is 17.4. The first-order chi connectivity index (χ1) is 14.5. The molecule has 0 atom stereocenters. The highest BCUT2D eigenvalue weighted by Gasteiger charge is 2.26. The van der Waals surface area contributed by atoms with E-state index in [2.05, 4.69) is 5.32 Å². The molecule has 1 aliphatic rings. The van der Waals surface area contributed by atoms with Crippen LogP contribution in [0.15, 0.2) is 59.0 Å². The van der Waals surface area contributed by atoms with Gasteiger partial charge in [0.05, 0.1) is 0 Å². The molecule has 2 amide bonds. The molecular weight excluding hydrogens is 378 g/mol. The lowest BCUT2D eigenvalue weighted by atomic mass is 9.96. The Labute approximate surface area is 176 Å². The summed E-state index contributed by atoms with van der Waals surface area (Å²) < 4.78 is 5.71. The predicted molar refractivity (Wildman–Crippen MR) is 118 cm³/mol. The van der Waals surface area contributed by atoms with Crippen molar-refractivity contribution in [1.82, 2.24) is 10.2 Å². The molecule has 0 bridgehead atoms. The number of anilines is 1. The minimum atomic E-state index is -0.0605. The maximum Gasteiger partial charge on any atom is 0.289 e. The van der Waals surface area contributed by atoms with Crippen molar-refractivity contribution in [3.8, 4) is 0 Å². The number of benzene rings is 2. The van der Waals surface area contributed by atoms with E-state index in [0.717, 1.165) is 29.5 Å². The third-order valence-electron chi connectivity index (χ3n) is 5.74. The van der Waals surface area contributed by atoms with Crippen LogP contribution in [0, 0.1) is 5.92 Å². The molecule has 156 valence electrons. The lowest BCUT2D eigenvalue weighted by molar-refractivity contribution is 0.0655. The highest BCUT2D eigenvalue weighted by atomic mass is 16.3. The van der Waals surface area contributed by atoms with Gasteiger partial charge >= 0.3 is 0 Å². The van der Waals surface area contributed by atoms with Gasteiger partial charge in [-0.15, -0.1) is 0 Å². The van der Waals surface area contributed by atoms with E-state index in [1.54, 1.807) is 0 Å². The number of piperidine rings is 1. The van der Waals surface area contributed by atoms with E-state index in [1.807, 2.05) is 78.5 Å². The van der Waals surface area contributed by atoms with Crippen LogP contribution in [0.3, 0.4) is 0 Å². The van der Waals surface area contributed by atoms with Crippen molar-refractivity contribution < 1.29 is 14.0 Å². The predicted octanol–water partition coefficient (Wildman–Crippen LogP) is 3.78. The average molecular weight is 405 g/mol. The summed E-state index contributed by atoms with van der Waals surface area (Å²) in [6.07, 6.45) is 1.73. The van der Waals surface area contributed by atoms with Gasteiger partial charge in [-0.3, -0.25) is 9.59 Å². The molecule has 1 fully saturated rings. The molecule has 6 heteroatoms. The summed E-state index contributed by atoms with van der Waals surface area (Å²) >= 11 is 0. The van der Waals surface area contributed by atoms with Crippen LogP contribution in [0.25, 0.3) is 11.0 Å². The van der Waals surface area contributed by atoms with Crippen molar-refractivity contribution in [2.24, 2.45) is 5.92 Å². The Morgan fingerprint density at radius 3 is 2.43 bits per heavy atom. The number of hydrogen-bond donors (Lipinski definition) is 1. The second kappa shape index (κ2) is 8.61. The van der Waals surface area contributed by atoms with Gasteiger partial charge < -0.3 is 19.5 Å². The van der Waals surface area contributed by atoms with Crippen molar-refractivity contribution in [1.29, 1.82) is 0 Å². The number of nitrogens with one attached hydrogen (secondary N) is 1. The number of carbonyl (C=O) groups is 2. The van der Waals surface area contributed by atoms with Crippen molar-refractivity contribution in [2.45, 2.75) is 12.8 Å².